The normalized spacial score (nSPS) is 38.8. The molecule has 0 aromatic carbocycles. The molecule has 2 heterocycles. The van der Waals surface area contributed by atoms with E-state index in [2.05, 4.69) is 0 Å². The van der Waals surface area contributed by atoms with E-state index in [1.54, 1.807) is 0 Å². The molecule has 0 unspecified atom stereocenters. The molecule has 0 aromatic rings. The first kappa shape index (κ1) is 9.60. The fourth-order valence-electron chi connectivity index (χ4n) is 3.22. The van der Waals surface area contributed by atoms with E-state index in [1.807, 2.05) is 0 Å². The lowest BCUT2D eigenvalue weighted by atomic mass is 9.68. The predicted molar refractivity (Wildman–Crippen MR) is 51.1 cm³/mol. The van der Waals surface area contributed by atoms with Crippen molar-refractivity contribution in [2.24, 2.45) is 5.41 Å². The van der Waals surface area contributed by atoms with Crippen molar-refractivity contribution in [3.8, 4) is 0 Å². The molecule has 0 bridgehead atoms. The van der Waals surface area contributed by atoms with Crippen LogP contribution in [0.3, 0.4) is 0 Å². The average Bonchev–Trinajstić information content (AvgIpc) is 2.82. The molecule has 15 heavy (non-hydrogen) atoms. The summed E-state index contributed by atoms with van der Waals surface area (Å²) in [7, 11) is 0. The molecule has 2 spiro atoms. The van der Waals surface area contributed by atoms with Gasteiger partial charge in [0.2, 0.25) is 0 Å². The van der Waals surface area contributed by atoms with Crippen LogP contribution in [0.4, 0.5) is 0 Å². The van der Waals surface area contributed by atoms with Crippen LogP contribution in [-0.4, -0.2) is 31.6 Å². The third kappa shape index (κ3) is 1.12. The van der Waals surface area contributed by atoms with Gasteiger partial charge < -0.3 is 14.2 Å². The first-order chi connectivity index (χ1) is 7.29. The lowest BCUT2D eigenvalue weighted by Crippen LogP contribution is -2.54. The Morgan fingerprint density at radius 3 is 2.33 bits per heavy atom. The van der Waals surface area contributed by atoms with Crippen LogP contribution in [0.25, 0.3) is 0 Å². The van der Waals surface area contributed by atoms with E-state index >= 15 is 0 Å². The van der Waals surface area contributed by atoms with Crippen LogP contribution < -0.4 is 0 Å². The van der Waals surface area contributed by atoms with Gasteiger partial charge in [0.1, 0.15) is 5.41 Å². The molecule has 3 rings (SSSR count). The summed E-state index contributed by atoms with van der Waals surface area (Å²) in [6, 6.07) is 0. The van der Waals surface area contributed by atoms with Crippen LogP contribution in [0.2, 0.25) is 0 Å². The maximum absolute atomic E-state index is 11.9. The molecule has 3 aliphatic rings. The molecule has 1 aliphatic carbocycles. The van der Waals surface area contributed by atoms with E-state index in [0.717, 1.165) is 32.1 Å². The van der Waals surface area contributed by atoms with E-state index in [9.17, 15) is 4.79 Å². The second-order valence-corrected chi connectivity index (χ2v) is 4.62. The number of hydrogen-bond donors (Lipinski definition) is 0. The first-order valence-electron chi connectivity index (χ1n) is 5.74. The molecule has 84 valence electrons. The minimum Gasteiger partial charge on any atom is -0.465 e. The molecule has 2 saturated heterocycles. The number of fused-ring (bicyclic) bond motifs is 1. The van der Waals surface area contributed by atoms with E-state index in [4.69, 9.17) is 14.2 Å². The molecular formula is C11H16O4. The van der Waals surface area contributed by atoms with Crippen LogP contribution in [0.5, 0.6) is 0 Å². The van der Waals surface area contributed by atoms with Gasteiger partial charge in [-0.15, -0.1) is 0 Å². The van der Waals surface area contributed by atoms with Gasteiger partial charge in [-0.3, -0.25) is 4.79 Å². The number of hydrogen-bond acceptors (Lipinski definition) is 4. The van der Waals surface area contributed by atoms with E-state index in [-0.39, 0.29) is 5.97 Å². The van der Waals surface area contributed by atoms with Gasteiger partial charge in [-0.1, -0.05) is 6.42 Å². The lowest BCUT2D eigenvalue weighted by molar-refractivity contribution is -0.249. The monoisotopic (exact) mass is 212 g/mol. The number of carbonyl (C=O) groups excluding carboxylic acids is 1. The Hall–Kier alpha value is -0.610. The SMILES string of the molecule is O=C1OCC[C@]12CCCCC21OCCO1. The van der Waals surface area contributed by atoms with Crippen molar-refractivity contribution in [1.82, 2.24) is 0 Å². The minimum atomic E-state index is -0.654. The Morgan fingerprint density at radius 2 is 1.67 bits per heavy atom. The van der Waals surface area contributed by atoms with Crippen molar-refractivity contribution in [3.05, 3.63) is 0 Å². The molecule has 0 amide bonds. The Kier molecular flexibility index (Phi) is 2.04. The molecule has 3 fully saturated rings. The van der Waals surface area contributed by atoms with Gasteiger partial charge in [0, 0.05) is 12.8 Å². The Bertz CT molecular complexity index is 282. The highest BCUT2D eigenvalue weighted by atomic mass is 16.7. The summed E-state index contributed by atoms with van der Waals surface area (Å²) in [5.74, 6) is -0.761. The number of cyclic esters (lactones) is 1. The molecule has 2 aliphatic heterocycles. The topological polar surface area (TPSA) is 44.8 Å². The fraction of sp³-hybridized carbons (Fsp3) is 0.909. The summed E-state index contributed by atoms with van der Waals surface area (Å²) in [6.45, 7) is 1.73. The van der Waals surface area contributed by atoms with Gasteiger partial charge >= 0.3 is 5.97 Å². The first-order valence-corrected chi connectivity index (χ1v) is 5.74. The highest BCUT2D eigenvalue weighted by Gasteiger charge is 2.64. The van der Waals surface area contributed by atoms with Gasteiger partial charge in [-0.05, 0) is 12.8 Å². The molecule has 4 nitrogen and oxygen atoms in total. The number of carbonyl (C=O) groups is 1. The highest BCUT2D eigenvalue weighted by Crippen LogP contribution is 2.54. The number of ether oxygens (including phenoxy) is 3. The van der Waals surface area contributed by atoms with Gasteiger partial charge in [0.15, 0.2) is 5.79 Å². The van der Waals surface area contributed by atoms with Crippen molar-refractivity contribution < 1.29 is 19.0 Å². The van der Waals surface area contributed by atoms with E-state index < -0.39 is 11.2 Å². The molecule has 1 atom stereocenters. The molecule has 4 heteroatoms. The van der Waals surface area contributed by atoms with Gasteiger partial charge in [0.25, 0.3) is 0 Å². The summed E-state index contributed by atoms with van der Waals surface area (Å²) >= 11 is 0. The van der Waals surface area contributed by atoms with Crippen LogP contribution in [0.1, 0.15) is 32.1 Å². The maximum atomic E-state index is 11.9. The van der Waals surface area contributed by atoms with Crippen LogP contribution in [0, 0.1) is 5.41 Å². The number of esters is 1. The third-order valence-corrected chi connectivity index (χ3v) is 4.00. The van der Waals surface area contributed by atoms with Gasteiger partial charge in [-0.25, -0.2) is 0 Å². The zero-order chi connectivity index (χ0) is 10.4. The molecule has 1 saturated carbocycles. The molecule has 0 radical (unpaired) electrons. The van der Waals surface area contributed by atoms with Crippen molar-refractivity contribution in [2.75, 3.05) is 19.8 Å². The summed E-state index contributed by atoms with van der Waals surface area (Å²) in [5, 5.41) is 0. The third-order valence-electron chi connectivity index (χ3n) is 4.00. The second-order valence-electron chi connectivity index (χ2n) is 4.62. The quantitative estimate of drug-likeness (QED) is 0.567. The van der Waals surface area contributed by atoms with Crippen LogP contribution in [-0.2, 0) is 19.0 Å². The van der Waals surface area contributed by atoms with Gasteiger partial charge in [-0.2, -0.15) is 0 Å². The largest absolute Gasteiger partial charge is 0.465 e. The lowest BCUT2D eigenvalue weighted by Gasteiger charge is -2.44. The average molecular weight is 212 g/mol. The minimum absolute atomic E-state index is 0.107. The Morgan fingerprint density at radius 1 is 0.933 bits per heavy atom. The van der Waals surface area contributed by atoms with Gasteiger partial charge in [0.05, 0.1) is 19.8 Å². The summed E-state index contributed by atoms with van der Waals surface area (Å²) in [5.41, 5.74) is -0.498. The van der Waals surface area contributed by atoms with E-state index in [1.165, 1.54) is 0 Å². The molecular weight excluding hydrogens is 196 g/mol. The summed E-state index contributed by atoms with van der Waals surface area (Å²) < 4.78 is 16.7. The Balaban J connectivity index is 1.99. The summed E-state index contributed by atoms with van der Waals surface area (Å²) in [4.78, 5) is 11.9. The maximum Gasteiger partial charge on any atom is 0.317 e. The molecule has 0 aromatic heterocycles. The fourth-order valence-corrected chi connectivity index (χ4v) is 3.22. The van der Waals surface area contributed by atoms with Crippen LogP contribution in [0.15, 0.2) is 0 Å². The zero-order valence-electron chi connectivity index (χ0n) is 8.79. The Labute approximate surface area is 88.9 Å². The van der Waals surface area contributed by atoms with Crippen LogP contribution >= 0.6 is 0 Å². The number of rotatable bonds is 0. The smallest absolute Gasteiger partial charge is 0.317 e. The molecule has 0 N–H and O–H groups in total. The van der Waals surface area contributed by atoms with Crippen molar-refractivity contribution >= 4 is 5.97 Å². The van der Waals surface area contributed by atoms with Crippen molar-refractivity contribution in [3.63, 3.8) is 0 Å². The summed E-state index contributed by atoms with van der Waals surface area (Å²) in [6.07, 6.45) is 4.60. The zero-order valence-corrected chi connectivity index (χ0v) is 8.79. The second kappa shape index (κ2) is 3.19. The van der Waals surface area contributed by atoms with Crippen molar-refractivity contribution in [2.45, 2.75) is 37.9 Å². The van der Waals surface area contributed by atoms with E-state index in [0.29, 0.717) is 19.8 Å². The standard InChI is InChI=1S/C11H16O4/c12-9-10(5-6-13-9)3-1-2-4-11(10)14-7-8-15-11/h1-8H2/t10-/m1/s1. The predicted octanol–water partition coefficient (Wildman–Crippen LogP) is 1.24. The van der Waals surface area contributed by atoms with Crippen molar-refractivity contribution in [1.29, 1.82) is 0 Å². The highest BCUT2D eigenvalue weighted by molar-refractivity contribution is 5.80.